The molecule has 1 aromatic heterocycles. The van der Waals surface area contributed by atoms with Gasteiger partial charge in [0.05, 0.1) is 12.7 Å². The van der Waals surface area contributed by atoms with Gasteiger partial charge in [-0.2, -0.15) is 4.21 Å². The first kappa shape index (κ1) is 17.9. The van der Waals surface area contributed by atoms with E-state index in [1.807, 2.05) is 0 Å². The number of ether oxygens (including phenoxy) is 1. The van der Waals surface area contributed by atoms with Gasteiger partial charge >= 0.3 is 17.3 Å². The van der Waals surface area contributed by atoms with Crippen LogP contribution in [0.4, 0.5) is 0 Å². The van der Waals surface area contributed by atoms with Crippen LogP contribution in [0.15, 0.2) is 41.2 Å². The topological polar surface area (TPSA) is 94.8 Å². The normalized spacial score (nSPS) is 11.8. The molecule has 1 unspecified atom stereocenters. The van der Waals surface area contributed by atoms with Gasteiger partial charge in [0, 0.05) is 24.4 Å². The van der Waals surface area contributed by atoms with Crippen LogP contribution in [-0.2, 0) is 29.1 Å². The number of aromatic nitrogens is 1. The summed E-state index contributed by atoms with van der Waals surface area (Å²) in [5.41, 5.74) is 1.73. The number of carbonyl (C=O) groups is 1. The lowest BCUT2D eigenvalue weighted by atomic mass is 10.1. The highest BCUT2D eigenvalue weighted by Gasteiger charge is 2.08. The highest BCUT2D eigenvalue weighted by Crippen LogP contribution is 2.12. The summed E-state index contributed by atoms with van der Waals surface area (Å²) in [7, 11) is 1.32. The molecule has 0 amide bonds. The fourth-order valence-electron chi connectivity index (χ4n) is 2.28. The molecule has 1 aromatic carbocycles. The van der Waals surface area contributed by atoms with Crippen molar-refractivity contribution in [3.63, 3.8) is 0 Å². The third-order valence-electron chi connectivity index (χ3n) is 3.48. The van der Waals surface area contributed by atoms with Crippen molar-refractivity contribution >= 4 is 17.3 Å². The molecule has 0 aliphatic rings. The molecule has 0 aliphatic heterocycles. The van der Waals surface area contributed by atoms with Gasteiger partial charge in [0.2, 0.25) is 0 Å². The van der Waals surface area contributed by atoms with Crippen molar-refractivity contribution in [1.82, 2.24) is 4.57 Å². The predicted octanol–water partition coefficient (Wildman–Crippen LogP) is 1.70. The van der Waals surface area contributed by atoms with Gasteiger partial charge in [-0.3, -0.25) is 9.35 Å². The molecule has 7 nitrogen and oxygen atoms in total. The van der Waals surface area contributed by atoms with E-state index in [9.17, 15) is 13.8 Å². The fourth-order valence-corrected chi connectivity index (χ4v) is 2.54. The molecule has 0 radical (unpaired) electrons. The highest BCUT2D eigenvalue weighted by atomic mass is 32.2. The molecule has 2 aromatic rings. The van der Waals surface area contributed by atoms with Crippen molar-refractivity contribution in [2.75, 3.05) is 7.11 Å². The number of benzene rings is 1. The molecule has 0 bridgehead atoms. The maximum absolute atomic E-state index is 12.1. The monoisotopic (exact) mass is 351 g/mol. The number of hydrogen-bond donors (Lipinski definition) is 1. The summed E-state index contributed by atoms with van der Waals surface area (Å²) < 4.78 is 30.1. The summed E-state index contributed by atoms with van der Waals surface area (Å²) >= 11 is -2.47. The average Bonchev–Trinajstić information content (AvgIpc) is 2.53. The van der Waals surface area contributed by atoms with Crippen molar-refractivity contribution in [2.24, 2.45) is 0 Å². The second-order valence-corrected chi connectivity index (χ2v) is 5.66. The zero-order chi connectivity index (χ0) is 17.7. The number of carbonyl (C=O) groups excluding carboxylic acids is 1. The Kier molecular flexibility index (Phi) is 5.88. The molecule has 24 heavy (non-hydrogen) atoms. The zero-order valence-corrected chi connectivity index (χ0v) is 14.0. The smallest absolute Gasteiger partial charge is 0.357 e. The van der Waals surface area contributed by atoms with Crippen LogP contribution < -0.4 is 9.74 Å². The third-order valence-corrected chi connectivity index (χ3v) is 3.81. The van der Waals surface area contributed by atoms with Crippen LogP contribution in [0.5, 0.6) is 5.75 Å². The molecular weight excluding hydrogens is 334 g/mol. The van der Waals surface area contributed by atoms with Crippen molar-refractivity contribution in [2.45, 2.75) is 19.9 Å². The predicted molar refractivity (Wildman–Crippen MR) is 88.3 cm³/mol. The van der Waals surface area contributed by atoms with Crippen LogP contribution in [-0.4, -0.2) is 26.4 Å². The van der Waals surface area contributed by atoms with Crippen LogP contribution in [0.3, 0.4) is 0 Å². The van der Waals surface area contributed by atoms with Crippen molar-refractivity contribution in [3.05, 3.63) is 63.6 Å². The molecule has 1 atom stereocenters. The minimum absolute atomic E-state index is 0.0528. The van der Waals surface area contributed by atoms with E-state index in [0.717, 1.165) is 5.56 Å². The number of rotatable bonds is 6. The Morgan fingerprint density at radius 1 is 1.25 bits per heavy atom. The van der Waals surface area contributed by atoms with Crippen LogP contribution in [0.25, 0.3) is 0 Å². The minimum Gasteiger partial charge on any atom is -0.465 e. The summed E-state index contributed by atoms with van der Waals surface area (Å²) in [5.74, 6) is -0.345. The molecule has 128 valence electrons. The maximum atomic E-state index is 12.1. The van der Waals surface area contributed by atoms with E-state index in [-0.39, 0.29) is 11.3 Å². The Balaban J connectivity index is 2.10. The lowest BCUT2D eigenvalue weighted by Gasteiger charge is -2.11. The zero-order valence-electron chi connectivity index (χ0n) is 13.2. The number of pyridine rings is 1. The largest absolute Gasteiger partial charge is 0.465 e. The first-order valence-corrected chi connectivity index (χ1v) is 8.12. The summed E-state index contributed by atoms with van der Waals surface area (Å²) in [6, 6.07) is 9.64. The molecule has 0 spiro atoms. The lowest BCUT2D eigenvalue weighted by Crippen LogP contribution is -2.23. The van der Waals surface area contributed by atoms with E-state index >= 15 is 0 Å². The fraction of sp³-hybridized carbons (Fsp3) is 0.250. The molecule has 1 heterocycles. The minimum atomic E-state index is -2.47. The number of esters is 1. The van der Waals surface area contributed by atoms with E-state index in [1.165, 1.54) is 19.2 Å². The number of nitrogens with zero attached hydrogens (tertiary/aromatic N) is 1. The van der Waals surface area contributed by atoms with E-state index in [0.29, 0.717) is 24.2 Å². The van der Waals surface area contributed by atoms with Crippen molar-refractivity contribution < 1.29 is 22.5 Å². The summed E-state index contributed by atoms with van der Waals surface area (Å²) in [4.78, 5) is 23.5. The molecule has 1 N–H and O–H groups in total. The lowest BCUT2D eigenvalue weighted by molar-refractivity contribution is 0.0600. The first-order valence-electron chi connectivity index (χ1n) is 7.08. The third kappa shape index (κ3) is 4.53. The number of hydrogen-bond acceptors (Lipinski definition) is 5. The van der Waals surface area contributed by atoms with Gasteiger partial charge in [-0.1, -0.05) is 12.1 Å². The average molecular weight is 351 g/mol. The van der Waals surface area contributed by atoms with E-state index < -0.39 is 17.3 Å². The number of aryl methyl sites for hydroxylation is 2. The second kappa shape index (κ2) is 7.89. The van der Waals surface area contributed by atoms with Crippen LogP contribution >= 0.6 is 0 Å². The summed E-state index contributed by atoms with van der Waals surface area (Å²) in [5, 5.41) is 0. The molecule has 0 saturated carbocycles. The molecule has 0 fully saturated rings. The van der Waals surface area contributed by atoms with Gasteiger partial charge in [-0.05, 0) is 31.0 Å². The SMILES string of the molecule is COC(=O)c1ccc(CCn2c(C)cc(OS(=O)O)cc2=O)cc1. The van der Waals surface area contributed by atoms with Crippen LogP contribution in [0, 0.1) is 6.92 Å². The van der Waals surface area contributed by atoms with Gasteiger partial charge in [-0.25, -0.2) is 4.79 Å². The standard InChI is InChI=1S/C16H17NO6S/c1-11-9-14(23-24(20)21)10-15(18)17(11)8-7-12-3-5-13(6-4-12)16(19)22-2/h3-6,9-10H,7-8H2,1-2H3,(H,20,21). The molecule has 0 aliphatic carbocycles. The van der Waals surface area contributed by atoms with E-state index in [2.05, 4.69) is 8.92 Å². The van der Waals surface area contributed by atoms with Gasteiger partial charge in [0.15, 0.2) is 0 Å². The van der Waals surface area contributed by atoms with Crippen LogP contribution in [0.1, 0.15) is 21.6 Å². The van der Waals surface area contributed by atoms with Gasteiger partial charge < -0.3 is 13.5 Å². The maximum Gasteiger partial charge on any atom is 0.357 e. The summed E-state index contributed by atoms with van der Waals surface area (Å²) in [6.07, 6.45) is 0.592. The Morgan fingerprint density at radius 3 is 2.46 bits per heavy atom. The Morgan fingerprint density at radius 2 is 1.92 bits per heavy atom. The van der Waals surface area contributed by atoms with Gasteiger partial charge in [-0.15, -0.1) is 0 Å². The van der Waals surface area contributed by atoms with Gasteiger partial charge in [0.1, 0.15) is 5.75 Å². The molecule has 0 saturated heterocycles. The Labute approximate surface area is 141 Å². The van der Waals surface area contributed by atoms with E-state index in [4.69, 9.17) is 4.55 Å². The first-order chi connectivity index (χ1) is 11.4. The van der Waals surface area contributed by atoms with Crippen LogP contribution in [0.2, 0.25) is 0 Å². The quantitative estimate of drug-likeness (QED) is 0.629. The Bertz CT molecular complexity index is 812. The molecule has 8 heteroatoms. The summed E-state index contributed by atoms with van der Waals surface area (Å²) in [6.45, 7) is 2.15. The second-order valence-electron chi connectivity index (χ2n) is 5.06. The molecular formula is C16H17NO6S. The number of methoxy groups -OCH3 is 1. The molecule has 2 rings (SSSR count). The highest BCUT2D eigenvalue weighted by molar-refractivity contribution is 7.74. The van der Waals surface area contributed by atoms with Crippen molar-refractivity contribution in [3.8, 4) is 5.75 Å². The van der Waals surface area contributed by atoms with E-state index in [1.54, 1.807) is 35.8 Å². The Hall–Kier alpha value is -2.45. The van der Waals surface area contributed by atoms with Gasteiger partial charge in [0.25, 0.3) is 5.56 Å². The van der Waals surface area contributed by atoms with Crippen molar-refractivity contribution in [1.29, 1.82) is 0 Å².